The Hall–Kier alpha value is -7.87. The zero-order valence-electron chi connectivity index (χ0n) is 95.6. The standard InChI is InChI=1S/C68H102N2O8.C46H87N3O11.C6H8O3.C2H6.CH4/c1-5-6-7-8-9-10-11-12-14-17-20-35-46-63(74-50-59-40-29-24-30-41-59)66(75-51-60-42-31-25-32-43-60)62(53-76-67-57(4)55(2)56(3)64(78-67)54-73-49-58-38-27-23-28-39-58)70-65(71)47-36-21-18-15-13-16-19-22-37-48-69-68(72)77-52-61-44-33-26-34-45-61;1-3-5-6-7-8-9-10-11-13-16-19-24-29-37(51)42(55)36(35-59-46-45(58)44(57)43(56)38(34-50)60-46)49-41(54)31-26-20-17-14-12-15-18-22-27-33-48-40(53)30-25-21-23-28-32-47-39(52)4-2;1-2-5(7)3-4-6(8)9;1-2;/h23-34,38-45,55-57,62-64,66-67H,5-22,35-37,46-54H2,1-4H3,(H,69,72)(H,70,71);4,36-38,42-46,50-51,55-58H,2-3,5-35H2,1H3,(H,47,52)(H,48,53)(H,49,54);2H,1,3-4H2,(H,8,9);1-2H3;1H4/t55-,56+,57?,62-,63+,64?,66-,67-;36-,37+,38?,42-,43-,44-,45?,46-;;;/m00.../s1/i;;;1T;1D. The summed E-state index contributed by atoms with van der Waals surface area (Å²) in [5, 5.41) is 85.3. The summed E-state index contributed by atoms with van der Waals surface area (Å²) in [7, 11) is 1.25. The predicted octanol–water partition coefficient (Wildman–Crippen LogP) is 24.1. The van der Waals surface area contributed by atoms with E-state index in [2.05, 4.69) is 123 Å². The summed E-state index contributed by atoms with van der Waals surface area (Å²) >= 11 is 0. The molecular weight excluding hydrogens is 1900 g/mol. The zero-order valence-corrected chi connectivity index (χ0v) is 93.6. The van der Waals surface area contributed by atoms with Gasteiger partial charge in [-0.25, -0.2) is 4.79 Å². The van der Waals surface area contributed by atoms with Crippen molar-refractivity contribution in [1.29, 1.82) is 0 Å². The fourth-order valence-corrected chi connectivity index (χ4v) is 18.5. The molecule has 4 aromatic rings. The molecule has 2 heterocycles. The highest BCUT2D eigenvalue weighted by Crippen LogP contribution is 2.37. The van der Waals surface area contributed by atoms with Crippen LogP contribution in [0.5, 0.6) is 0 Å². The van der Waals surface area contributed by atoms with Gasteiger partial charge in [0, 0.05) is 54.0 Å². The molecule has 0 radical (unpaired) electrons. The number of benzene rings is 4. The van der Waals surface area contributed by atoms with Crippen molar-refractivity contribution < 1.29 is 110 Å². The molecule has 27 heteroatoms. The van der Waals surface area contributed by atoms with Crippen molar-refractivity contribution in [3.05, 3.63) is 169 Å². The van der Waals surface area contributed by atoms with E-state index in [4.69, 9.17) is 45.7 Å². The molecule has 0 bridgehead atoms. The Morgan fingerprint density at radius 3 is 1.23 bits per heavy atom. The van der Waals surface area contributed by atoms with Crippen molar-refractivity contribution in [2.75, 3.05) is 46.1 Å². The van der Waals surface area contributed by atoms with Crippen LogP contribution >= 0.6 is 0 Å². The third-order valence-corrected chi connectivity index (χ3v) is 28.2. The van der Waals surface area contributed by atoms with Gasteiger partial charge in [0.25, 0.3) is 0 Å². The lowest BCUT2D eigenvalue weighted by Crippen LogP contribution is -2.60. The van der Waals surface area contributed by atoms with Crippen LogP contribution in [0.3, 0.4) is 0 Å². The molecule has 0 aliphatic carbocycles. The number of carbonyl (C=O) groups excluding carboxylic acids is 6. The largest absolute Gasteiger partial charge is 0.481 e. The van der Waals surface area contributed by atoms with Gasteiger partial charge in [0.1, 0.15) is 43.2 Å². The number of rotatable bonds is 87. The van der Waals surface area contributed by atoms with Gasteiger partial charge < -0.3 is 100 Å². The first kappa shape index (κ1) is 134. The van der Waals surface area contributed by atoms with Crippen LogP contribution in [0.15, 0.2) is 147 Å². The summed E-state index contributed by atoms with van der Waals surface area (Å²) in [6, 6.07) is 39.2. The van der Waals surface area contributed by atoms with E-state index in [-0.39, 0.29) is 98.6 Å². The second-order valence-electron chi connectivity index (χ2n) is 40.8. The molecule has 16 atom stereocenters. The molecule has 0 saturated carbocycles. The van der Waals surface area contributed by atoms with E-state index in [1.807, 2.05) is 72.8 Å². The number of allylic oxidation sites excluding steroid dienone is 1. The predicted molar refractivity (Wildman–Crippen MR) is 602 cm³/mol. The molecule has 856 valence electrons. The fraction of sp³-hybridized carbons (Fsp3) is 0.715. The molecule has 27 nitrogen and oxygen atoms in total. The summed E-state index contributed by atoms with van der Waals surface area (Å²) in [5.41, 5.74) is 4.29. The number of amides is 5. The molecule has 2 saturated heterocycles. The van der Waals surface area contributed by atoms with Gasteiger partial charge in [-0.1, -0.05) is 447 Å². The molecule has 0 aromatic heterocycles. The van der Waals surface area contributed by atoms with Crippen LogP contribution in [-0.2, 0) is 93.1 Å². The third kappa shape index (κ3) is 69.1. The maximum atomic E-state index is 14.3. The number of nitrogens with one attached hydrogen (secondary N) is 5. The highest BCUT2D eigenvalue weighted by molar-refractivity contribution is 5.91. The van der Waals surface area contributed by atoms with Gasteiger partial charge in [0.05, 0.1) is 83.1 Å². The minimum atomic E-state index is -1.63. The van der Waals surface area contributed by atoms with Crippen LogP contribution in [0.1, 0.15) is 421 Å². The van der Waals surface area contributed by atoms with Crippen molar-refractivity contribution in [1.82, 2.24) is 26.6 Å². The highest BCUT2D eigenvalue weighted by atomic mass is 16.7. The van der Waals surface area contributed by atoms with Gasteiger partial charge in [0.2, 0.25) is 23.6 Å². The number of alkyl carbamates (subject to hydrolysis) is 1. The zero-order chi connectivity index (χ0) is 111. The lowest BCUT2D eigenvalue weighted by molar-refractivity contribution is -0.303. The second kappa shape index (κ2) is 93.5. The number of carboxylic acids is 1. The van der Waals surface area contributed by atoms with Crippen LogP contribution in [0.2, 0.25) is 0 Å². The van der Waals surface area contributed by atoms with Gasteiger partial charge in [-0.15, -0.1) is 0 Å². The molecule has 4 unspecified atom stereocenters. The van der Waals surface area contributed by atoms with E-state index in [0.29, 0.717) is 84.6 Å². The number of hydrogen-bond acceptors (Lipinski definition) is 21. The number of hydrogen-bond donors (Lipinski definition) is 12. The van der Waals surface area contributed by atoms with E-state index < -0.39 is 80.0 Å². The quantitative estimate of drug-likeness (QED) is 0.0144. The second-order valence-corrected chi connectivity index (χ2v) is 40.8. The Kier molecular flexibility index (Phi) is 83.8. The van der Waals surface area contributed by atoms with Crippen molar-refractivity contribution >= 4 is 41.5 Å². The van der Waals surface area contributed by atoms with Gasteiger partial charge in [-0.2, -0.15) is 0 Å². The maximum Gasteiger partial charge on any atom is 0.407 e. The average Bonchev–Trinajstić information content (AvgIpc) is 0.813. The lowest BCUT2D eigenvalue weighted by atomic mass is 9.79. The summed E-state index contributed by atoms with van der Waals surface area (Å²) in [6.45, 7) is 23.5. The first-order valence-electron chi connectivity index (χ1n) is 59.5. The number of ether oxygens (including phenoxy) is 8. The molecule has 12 N–H and O–H groups in total. The Labute approximate surface area is 908 Å². The van der Waals surface area contributed by atoms with Gasteiger partial charge in [-0.3, -0.25) is 28.8 Å². The van der Waals surface area contributed by atoms with Crippen LogP contribution < -0.4 is 26.6 Å². The summed E-state index contributed by atoms with van der Waals surface area (Å²) in [4.78, 5) is 82.7. The van der Waals surface area contributed by atoms with Crippen molar-refractivity contribution in [2.45, 2.75) is 502 Å². The smallest absolute Gasteiger partial charge is 0.407 e. The molecule has 6 rings (SSSR count). The lowest BCUT2D eigenvalue weighted by Gasteiger charge is -2.44. The van der Waals surface area contributed by atoms with E-state index in [0.717, 1.165) is 195 Å². The Morgan fingerprint density at radius 1 is 0.420 bits per heavy atom. The SMILES string of the molecule is C=CC(=O)CCC(=O)O.C=CC(=O)NCCCCCCC(=O)NCCCCCCCCCCCC(=O)N[C@@H](CO[C@H]1OC(CO)[C@H](O)[C@H](O)C1O)[C@H](O)[C@H](O)CCCCCCCCCCCCCC.CCCCCCCCCCCCCC[C@@H](OCc1ccccc1)[C@@H](OCc1ccccc1)[C@H](CO[C@H]1OC(COCc2ccccc2)[C@H](C)[C@H](C)C1C)NC(=O)CCCCCCCCCCCNC(=O)OCc1ccccc1.[2H]C.[3H]CC. The molecule has 150 heavy (non-hydrogen) atoms. The van der Waals surface area contributed by atoms with Gasteiger partial charge in [-0.05, 0) is 97.6 Å². The van der Waals surface area contributed by atoms with E-state index in [9.17, 15) is 64.2 Å². The minimum absolute atomic E-state index is 0.00781. The number of carbonyl (C=O) groups is 7. The van der Waals surface area contributed by atoms with E-state index in [1.54, 1.807) is 6.92 Å². The van der Waals surface area contributed by atoms with Gasteiger partial charge in [0.15, 0.2) is 18.4 Å². The topological polar surface area (TPSA) is 395 Å². The maximum absolute atomic E-state index is 14.3. The Bertz CT molecular complexity index is 3950. The van der Waals surface area contributed by atoms with Crippen LogP contribution in [0.25, 0.3) is 0 Å². The normalized spacial score (nSPS) is 18.5. The molecule has 0 spiro atoms. The number of carboxylic acid groups (broad SMARTS) is 1. The third-order valence-electron chi connectivity index (χ3n) is 28.2. The molecule has 2 aliphatic heterocycles. The van der Waals surface area contributed by atoms with Crippen LogP contribution in [-0.4, -0.2) is 203 Å². The number of unbranched alkanes of at least 4 members (excludes halogenated alkanes) is 41. The minimum Gasteiger partial charge on any atom is -0.481 e. The first-order valence-corrected chi connectivity index (χ1v) is 57.8. The Morgan fingerprint density at radius 2 is 0.793 bits per heavy atom. The van der Waals surface area contributed by atoms with Crippen LogP contribution in [0.4, 0.5) is 4.79 Å². The van der Waals surface area contributed by atoms with Crippen molar-refractivity contribution in [2.24, 2.45) is 17.8 Å². The summed E-state index contributed by atoms with van der Waals surface area (Å²) < 4.78 is 62.5. The number of ketones is 1. The number of aliphatic hydroxyl groups is 6. The molecular formula is C123H207N5O22. The number of aliphatic carboxylic acids is 1. The number of aliphatic hydroxyl groups excluding tert-OH is 6. The van der Waals surface area contributed by atoms with E-state index >= 15 is 0 Å². The highest BCUT2D eigenvalue weighted by Gasteiger charge is 2.46. The summed E-state index contributed by atoms with van der Waals surface area (Å²) in [5.74, 6) is -0.809. The van der Waals surface area contributed by atoms with Crippen molar-refractivity contribution in [3.63, 3.8) is 0 Å². The van der Waals surface area contributed by atoms with E-state index in [1.165, 1.54) is 142 Å². The first-order chi connectivity index (χ1) is 73.9. The molecule has 2 fully saturated rings. The monoisotopic (exact) mass is 2110 g/mol. The Balaban J connectivity index is 0.000000937. The van der Waals surface area contributed by atoms with Crippen molar-refractivity contribution in [3.8, 4) is 0 Å². The fourth-order valence-electron chi connectivity index (χ4n) is 18.5. The summed E-state index contributed by atoms with van der Waals surface area (Å²) in [6.07, 6.45) is 44.7. The van der Waals surface area contributed by atoms with Gasteiger partial charge >= 0.3 is 12.1 Å². The van der Waals surface area contributed by atoms with Crippen LogP contribution in [0, 0.1) is 17.8 Å². The average molecular weight is 2110 g/mol. The molecule has 2 aliphatic rings. The molecule has 4 aromatic carbocycles. The molecule has 5 amide bonds.